The van der Waals surface area contributed by atoms with Gasteiger partial charge in [0.25, 0.3) is 20.0 Å². The van der Waals surface area contributed by atoms with Crippen molar-refractivity contribution in [2.24, 2.45) is 0 Å². The van der Waals surface area contributed by atoms with Gasteiger partial charge in [-0.2, -0.15) is 0 Å². The Balaban J connectivity index is 1.79. The van der Waals surface area contributed by atoms with Gasteiger partial charge in [0, 0.05) is 15.7 Å². The normalized spacial score (nSPS) is 11.6. The Kier molecular flexibility index (Phi) is 9.86. The Morgan fingerprint density at radius 2 is 1.24 bits per heavy atom. The summed E-state index contributed by atoms with van der Waals surface area (Å²) < 4.78 is 74.5. The molecule has 222 valence electrons. The predicted octanol–water partition coefficient (Wildman–Crippen LogP) is 5.50. The molecule has 0 amide bonds. The molecule has 0 atom stereocenters. The number of hydrogen-bond acceptors (Lipinski definition) is 9. The lowest BCUT2D eigenvalue weighted by Gasteiger charge is -2.19. The summed E-state index contributed by atoms with van der Waals surface area (Å²) >= 11 is 1.01. The molecule has 0 fully saturated rings. The number of methoxy groups -OCH3 is 1. The van der Waals surface area contributed by atoms with Gasteiger partial charge in [-0.3, -0.25) is 14.2 Å². The van der Waals surface area contributed by atoms with Crippen LogP contribution < -0.4 is 18.9 Å². The molecule has 4 aromatic carbocycles. The van der Waals surface area contributed by atoms with Gasteiger partial charge in [0.05, 0.1) is 47.2 Å². The highest BCUT2D eigenvalue weighted by molar-refractivity contribution is 8.00. The zero-order valence-corrected chi connectivity index (χ0v) is 25.6. The van der Waals surface area contributed by atoms with Gasteiger partial charge in [0.15, 0.2) is 0 Å². The van der Waals surface area contributed by atoms with Gasteiger partial charge in [0.2, 0.25) is 0 Å². The number of nitrogens with one attached hydrogen (secondary N) is 2. The Labute approximate surface area is 249 Å². The molecule has 4 rings (SSSR count). The third-order valence-electron chi connectivity index (χ3n) is 5.95. The van der Waals surface area contributed by atoms with Crippen LogP contribution >= 0.6 is 11.8 Å². The number of sulfonamides is 2. The molecule has 0 saturated heterocycles. The van der Waals surface area contributed by atoms with E-state index in [1.807, 2.05) is 13.8 Å². The van der Waals surface area contributed by atoms with E-state index in [0.717, 1.165) is 11.8 Å². The van der Waals surface area contributed by atoms with Crippen molar-refractivity contribution >= 4 is 59.9 Å². The van der Waals surface area contributed by atoms with Crippen LogP contribution in [0.3, 0.4) is 0 Å². The van der Waals surface area contributed by atoms with Gasteiger partial charge in [0.1, 0.15) is 11.5 Å². The maximum absolute atomic E-state index is 13.5. The van der Waals surface area contributed by atoms with E-state index in [4.69, 9.17) is 14.2 Å². The van der Waals surface area contributed by atoms with Crippen LogP contribution in [-0.4, -0.2) is 48.9 Å². The highest BCUT2D eigenvalue weighted by atomic mass is 32.2. The number of thioether (sulfide) groups is 1. The topological polar surface area (TPSA) is 137 Å². The van der Waals surface area contributed by atoms with Crippen LogP contribution in [0.5, 0.6) is 11.5 Å². The summed E-state index contributed by atoms with van der Waals surface area (Å²) in [7, 11) is -6.89. The molecule has 42 heavy (non-hydrogen) atoms. The SMILES string of the molecule is CCOc1ccc(S(=O)(=O)Nc2cc(SCC(=O)OC)c(NS(=O)(=O)c3ccc(OCC)cc3)c3ccccc23)cc1. The van der Waals surface area contributed by atoms with Gasteiger partial charge < -0.3 is 14.2 Å². The average molecular weight is 631 g/mol. The summed E-state index contributed by atoms with van der Waals surface area (Å²) in [6, 6.07) is 20.2. The van der Waals surface area contributed by atoms with Gasteiger partial charge >= 0.3 is 5.97 Å². The molecule has 2 N–H and O–H groups in total. The Morgan fingerprint density at radius 3 is 1.74 bits per heavy atom. The first-order valence-electron chi connectivity index (χ1n) is 12.8. The Bertz CT molecular complexity index is 1770. The zero-order valence-electron chi connectivity index (χ0n) is 23.1. The van der Waals surface area contributed by atoms with Gasteiger partial charge in [-0.25, -0.2) is 16.8 Å². The number of fused-ring (bicyclic) bond motifs is 1. The molecule has 0 aliphatic carbocycles. The van der Waals surface area contributed by atoms with Crippen molar-refractivity contribution in [2.45, 2.75) is 28.5 Å². The molecular weight excluding hydrogens is 601 g/mol. The average Bonchev–Trinajstić information content (AvgIpc) is 2.98. The highest BCUT2D eigenvalue weighted by Gasteiger charge is 2.23. The van der Waals surface area contributed by atoms with Crippen molar-refractivity contribution in [1.82, 2.24) is 0 Å². The molecule has 10 nitrogen and oxygen atoms in total. The molecule has 0 aliphatic heterocycles. The lowest BCUT2D eigenvalue weighted by Crippen LogP contribution is -2.16. The van der Waals surface area contributed by atoms with Crippen LogP contribution in [0.25, 0.3) is 10.8 Å². The van der Waals surface area contributed by atoms with E-state index < -0.39 is 26.0 Å². The maximum atomic E-state index is 13.5. The number of carbonyl (C=O) groups excluding carboxylic acids is 1. The lowest BCUT2D eigenvalue weighted by atomic mass is 10.1. The molecule has 0 radical (unpaired) electrons. The highest BCUT2D eigenvalue weighted by Crippen LogP contribution is 2.41. The molecule has 0 aliphatic rings. The summed E-state index contributed by atoms with van der Waals surface area (Å²) in [4.78, 5) is 12.3. The van der Waals surface area contributed by atoms with Crippen molar-refractivity contribution < 1.29 is 35.8 Å². The molecular formula is C29H30N2O8S3. The van der Waals surface area contributed by atoms with E-state index in [9.17, 15) is 21.6 Å². The summed E-state index contributed by atoms with van der Waals surface area (Å²) in [5.74, 6) is 0.385. The predicted molar refractivity (Wildman–Crippen MR) is 164 cm³/mol. The maximum Gasteiger partial charge on any atom is 0.315 e. The molecule has 4 aromatic rings. The Hall–Kier alpha value is -3.94. The number of esters is 1. The summed E-state index contributed by atoms with van der Waals surface area (Å²) in [5, 5.41) is 0.866. The van der Waals surface area contributed by atoms with Crippen LogP contribution in [0.4, 0.5) is 11.4 Å². The number of anilines is 2. The van der Waals surface area contributed by atoms with Gasteiger partial charge in [-0.1, -0.05) is 24.3 Å². The van der Waals surface area contributed by atoms with E-state index in [2.05, 4.69) is 9.44 Å². The quantitative estimate of drug-likeness (QED) is 0.145. The van der Waals surface area contributed by atoms with Crippen LogP contribution in [0.1, 0.15) is 13.8 Å². The first-order valence-corrected chi connectivity index (χ1v) is 16.8. The van der Waals surface area contributed by atoms with E-state index in [1.54, 1.807) is 48.5 Å². The first kappa shape index (κ1) is 31.0. The third kappa shape index (κ3) is 7.27. The molecule has 13 heteroatoms. The minimum absolute atomic E-state index is 0.000712. The monoisotopic (exact) mass is 630 g/mol. The van der Waals surface area contributed by atoms with Crippen molar-refractivity contribution in [3.8, 4) is 11.5 Å². The molecule has 0 saturated carbocycles. The summed E-state index contributed by atoms with van der Waals surface area (Å²) in [6.45, 7) is 4.53. The van der Waals surface area contributed by atoms with E-state index >= 15 is 0 Å². The number of carbonyl (C=O) groups is 1. The lowest BCUT2D eigenvalue weighted by molar-refractivity contribution is -0.137. The molecule has 0 heterocycles. The van der Waals surface area contributed by atoms with Crippen LogP contribution in [0.2, 0.25) is 0 Å². The van der Waals surface area contributed by atoms with E-state index in [1.165, 1.54) is 37.4 Å². The van der Waals surface area contributed by atoms with E-state index in [0.29, 0.717) is 40.4 Å². The number of ether oxygens (including phenoxy) is 3. The standard InChI is InChI=1S/C29H30N2O8S3/c1-4-38-20-10-14-22(15-11-20)41(33,34)30-26-18-27(40-19-28(32)37-3)29(25-9-7-6-8-24(25)26)31-42(35,36)23-16-12-21(13-17-23)39-5-2/h6-18,30-31H,4-5,19H2,1-3H3. The van der Waals surface area contributed by atoms with Crippen LogP contribution in [0.15, 0.2) is 93.5 Å². The van der Waals surface area contributed by atoms with Gasteiger partial charge in [-0.05, 0) is 68.4 Å². The zero-order chi connectivity index (χ0) is 30.3. The molecule has 0 unspecified atom stereocenters. The molecule has 0 bridgehead atoms. The molecule has 0 spiro atoms. The smallest absolute Gasteiger partial charge is 0.315 e. The minimum atomic E-state index is -4.09. The Morgan fingerprint density at radius 1 is 0.738 bits per heavy atom. The first-order chi connectivity index (χ1) is 20.1. The second-order valence-electron chi connectivity index (χ2n) is 8.73. The third-order valence-corrected chi connectivity index (χ3v) is 9.71. The van der Waals surface area contributed by atoms with Crippen LogP contribution in [-0.2, 0) is 29.6 Å². The largest absolute Gasteiger partial charge is 0.494 e. The van der Waals surface area contributed by atoms with Crippen molar-refractivity contribution in [3.05, 3.63) is 78.9 Å². The number of benzene rings is 4. The second-order valence-corrected chi connectivity index (χ2v) is 13.1. The second kappa shape index (κ2) is 13.4. The summed E-state index contributed by atoms with van der Waals surface area (Å²) in [5.41, 5.74) is 0.397. The summed E-state index contributed by atoms with van der Waals surface area (Å²) in [6.07, 6.45) is 0. The van der Waals surface area contributed by atoms with Gasteiger partial charge in [-0.15, -0.1) is 11.8 Å². The fourth-order valence-corrected chi connectivity index (χ4v) is 7.14. The van der Waals surface area contributed by atoms with Crippen molar-refractivity contribution in [1.29, 1.82) is 0 Å². The molecule has 0 aromatic heterocycles. The van der Waals surface area contributed by atoms with Crippen molar-refractivity contribution in [3.63, 3.8) is 0 Å². The number of hydrogen-bond donors (Lipinski definition) is 2. The van der Waals surface area contributed by atoms with Crippen molar-refractivity contribution in [2.75, 3.05) is 35.5 Å². The number of rotatable bonds is 13. The van der Waals surface area contributed by atoms with Crippen LogP contribution in [0, 0.1) is 0 Å². The fourth-order valence-electron chi connectivity index (χ4n) is 4.01. The fraction of sp³-hybridized carbons (Fsp3) is 0.207. The minimum Gasteiger partial charge on any atom is -0.494 e. The van der Waals surface area contributed by atoms with E-state index in [-0.39, 0.29) is 26.9 Å².